The molecule has 0 aromatic heterocycles. The number of nitrogens with zero attached hydrogens (tertiary/aromatic N) is 2. The van der Waals surface area contributed by atoms with Gasteiger partial charge in [0.25, 0.3) is 5.69 Å². The highest BCUT2D eigenvalue weighted by atomic mass is 19.1. The van der Waals surface area contributed by atoms with Crippen molar-refractivity contribution in [3.63, 3.8) is 0 Å². The average molecular weight is 435 g/mol. The van der Waals surface area contributed by atoms with Crippen LogP contribution in [-0.2, 0) is 13.0 Å². The van der Waals surface area contributed by atoms with Crippen LogP contribution in [0.4, 0.5) is 15.8 Å². The zero-order valence-electron chi connectivity index (χ0n) is 17.5. The van der Waals surface area contributed by atoms with Crippen LogP contribution < -0.4 is 14.9 Å². The fourth-order valence-electron chi connectivity index (χ4n) is 2.96. The Hall–Kier alpha value is -4.20. The van der Waals surface area contributed by atoms with Gasteiger partial charge >= 0.3 is 0 Å². The number of nitro benzene ring substituents is 1. The molecule has 7 nitrogen and oxygen atoms in total. The highest BCUT2D eigenvalue weighted by Crippen LogP contribution is 2.34. The molecule has 3 rings (SSSR count). The minimum atomic E-state index is -0.458. The SMILES string of the molecule is C=CCc1cc(/C=N/Nc2ccc([N+](=O)[O-])cc2)cc(OC)c1OCc1ccc(F)cc1. The number of halogens is 1. The molecule has 8 heteroatoms. The Kier molecular flexibility index (Phi) is 7.53. The number of allylic oxidation sites excluding steroid dienone is 1. The fourth-order valence-corrected chi connectivity index (χ4v) is 2.96. The molecule has 164 valence electrons. The summed E-state index contributed by atoms with van der Waals surface area (Å²) in [4.78, 5) is 10.3. The van der Waals surface area contributed by atoms with Crippen molar-refractivity contribution in [1.29, 1.82) is 0 Å². The van der Waals surface area contributed by atoms with Gasteiger partial charge in [-0.15, -0.1) is 6.58 Å². The summed E-state index contributed by atoms with van der Waals surface area (Å²) < 4.78 is 24.6. The van der Waals surface area contributed by atoms with E-state index in [2.05, 4.69) is 17.1 Å². The summed E-state index contributed by atoms with van der Waals surface area (Å²) in [6, 6.07) is 15.7. The van der Waals surface area contributed by atoms with Crippen molar-refractivity contribution in [2.45, 2.75) is 13.0 Å². The maximum atomic E-state index is 13.1. The quantitative estimate of drug-likeness (QED) is 0.197. The molecular weight excluding hydrogens is 413 g/mol. The monoisotopic (exact) mass is 435 g/mol. The molecule has 0 saturated heterocycles. The third-order valence-corrected chi connectivity index (χ3v) is 4.52. The molecule has 32 heavy (non-hydrogen) atoms. The van der Waals surface area contributed by atoms with Crippen molar-refractivity contribution in [3.05, 3.63) is 106 Å². The number of ether oxygens (including phenoxy) is 2. The lowest BCUT2D eigenvalue weighted by Crippen LogP contribution is -2.02. The summed E-state index contributed by atoms with van der Waals surface area (Å²) in [5, 5.41) is 14.9. The standard InChI is InChI=1S/C24H22FN3O4/c1-3-4-19-13-18(15-26-27-21-9-11-22(12-10-21)28(29)30)14-23(31-2)24(19)32-16-17-5-7-20(25)8-6-17/h3,5-15,27H,1,4,16H2,2H3/b26-15+. The van der Waals surface area contributed by atoms with E-state index in [0.29, 0.717) is 23.6 Å². The average Bonchev–Trinajstić information content (AvgIpc) is 2.79. The van der Waals surface area contributed by atoms with E-state index in [4.69, 9.17) is 9.47 Å². The van der Waals surface area contributed by atoms with E-state index in [9.17, 15) is 14.5 Å². The minimum absolute atomic E-state index is 0.00885. The number of hydrogen-bond donors (Lipinski definition) is 1. The Bertz CT molecular complexity index is 1110. The Morgan fingerprint density at radius 2 is 1.88 bits per heavy atom. The molecule has 0 saturated carbocycles. The van der Waals surface area contributed by atoms with Gasteiger partial charge in [0.05, 0.1) is 23.9 Å². The lowest BCUT2D eigenvalue weighted by atomic mass is 10.1. The Labute approximate surface area is 185 Å². The zero-order valence-corrected chi connectivity index (χ0v) is 17.5. The van der Waals surface area contributed by atoms with Gasteiger partial charge in [-0.3, -0.25) is 15.5 Å². The highest BCUT2D eigenvalue weighted by Gasteiger charge is 2.13. The van der Waals surface area contributed by atoms with E-state index in [-0.39, 0.29) is 18.1 Å². The summed E-state index contributed by atoms with van der Waals surface area (Å²) in [6.45, 7) is 4.06. The molecule has 0 aliphatic heterocycles. The molecule has 3 aromatic rings. The molecule has 3 aromatic carbocycles. The van der Waals surface area contributed by atoms with Crippen molar-refractivity contribution >= 4 is 17.6 Å². The van der Waals surface area contributed by atoms with E-state index < -0.39 is 4.92 Å². The van der Waals surface area contributed by atoms with Crippen molar-refractivity contribution < 1.29 is 18.8 Å². The first-order chi connectivity index (χ1) is 15.5. The predicted molar refractivity (Wildman–Crippen MR) is 122 cm³/mol. The summed E-state index contributed by atoms with van der Waals surface area (Å²) in [5.74, 6) is 0.810. The molecule has 0 atom stereocenters. The molecule has 0 heterocycles. The number of methoxy groups -OCH3 is 1. The first kappa shape index (κ1) is 22.5. The fraction of sp³-hybridized carbons (Fsp3) is 0.125. The van der Waals surface area contributed by atoms with Crippen LogP contribution in [0.15, 0.2) is 78.4 Å². The third-order valence-electron chi connectivity index (χ3n) is 4.52. The molecule has 0 amide bonds. The number of nitro groups is 1. The largest absolute Gasteiger partial charge is 0.493 e. The normalized spacial score (nSPS) is 10.7. The van der Waals surface area contributed by atoms with E-state index in [1.54, 1.807) is 49.7 Å². The molecule has 0 unspecified atom stereocenters. The summed E-state index contributed by atoms with van der Waals surface area (Å²) in [5.41, 5.74) is 5.92. The van der Waals surface area contributed by atoms with Crippen LogP contribution >= 0.6 is 0 Å². The van der Waals surface area contributed by atoms with Gasteiger partial charge in [0.2, 0.25) is 0 Å². The van der Waals surface area contributed by atoms with Crippen LogP contribution in [0.3, 0.4) is 0 Å². The van der Waals surface area contributed by atoms with E-state index in [1.807, 2.05) is 6.07 Å². The Morgan fingerprint density at radius 3 is 2.50 bits per heavy atom. The second-order valence-electron chi connectivity index (χ2n) is 6.79. The van der Waals surface area contributed by atoms with Gasteiger partial charge in [0.15, 0.2) is 11.5 Å². The molecule has 0 aliphatic rings. The molecule has 1 N–H and O–H groups in total. The third kappa shape index (κ3) is 5.91. The van der Waals surface area contributed by atoms with Crippen molar-refractivity contribution in [2.75, 3.05) is 12.5 Å². The second kappa shape index (κ2) is 10.7. The van der Waals surface area contributed by atoms with Gasteiger partial charge in [-0.05, 0) is 53.9 Å². The van der Waals surface area contributed by atoms with E-state index >= 15 is 0 Å². The summed E-state index contributed by atoms with van der Waals surface area (Å²) >= 11 is 0. The van der Waals surface area contributed by atoms with Gasteiger partial charge < -0.3 is 9.47 Å². The summed E-state index contributed by atoms with van der Waals surface area (Å²) in [6.07, 6.45) is 3.92. The van der Waals surface area contributed by atoms with Crippen molar-refractivity contribution in [2.24, 2.45) is 5.10 Å². The first-order valence-electron chi connectivity index (χ1n) is 9.72. The number of non-ortho nitro benzene ring substituents is 1. The number of anilines is 1. The first-order valence-corrected chi connectivity index (χ1v) is 9.72. The van der Waals surface area contributed by atoms with Crippen LogP contribution in [0.2, 0.25) is 0 Å². The zero-order chi connectivity index (χ0) is 22.9. The van der Waals surface area contributed by atoms with Gasteiger partial charge in [0, 0.05) is 17.7 Å². The maximum Gasteiger partial charge on any atom is 0.269 e. The number of hydrazone groups is 1. The van der Waals surface area contributed by atoms with Crippen LogP contribution in [0.25, 0.3) is 0 Å². The lowest BCUT2D eigenvalue weighted by Gasteiger charge is -2.16. The van der Waals surface area contributed by atoms with E-state index in [0.717, 1.165) is 16.7 Å². The van der Waals surface area contributed by atoms with E-state index in [1.165, 1.54) is 24.3 Å². The minimum Gasteiger partial charge on any atom is -0.493 e. The molecule has 0 fully saturated rings. The second-order valence-corrected chi connectivity index (χ2v) is 6.79. The van der Waals surface area contributed by atoms with Crippen LogP contribution in [-0.4, -0.2) is 18.2 Å². The number of hydrogen-bond acceptors (Lipinski definition) is 6. The van der Waals surface area contributed by atoms with Crippen molar-refractivity contribution in [3.8, 4) is 11.5 Å². The molecule has 0 aliphatic carbocycles. The predicted octanol–water partition coefficient (Wildman–Crippen LogP) is 5.50. The molecule has 0 radical (unpaired) electrons. The number of rotatable bonds is 10. The van der Waals surface area contributed by atoms with Gasteiger partial charge in [0.1, 0.15) is 12.4 Å². The topological polar surface area (TPSA) is 86.0 Å². The van der Waals surface area contributed by atoms with Crippen LogP contribution in [0, 0.1) is 15.9 Å². The smallest absolute Gasteiger partial charge is 0.269 e. The van der Waals surface area contributed by atoms with Gasteiger partial charge in [-0.1, -0.05) is 18.2 Å². The van der Waals surface area contributed by atoms with Crippen LogP contribution in [0.5, 0.6) is 11.5 Å². The van der Waals surface area contributed by atoms with Gasteiger partial charge in [-0.25, -0.2) is 4.39 Å². The molecule has 0 spiro atoms. The van der Waals surface area contributed by atoms with Crippen LogP contribution in [0.1, 0.15) is 16.7 Å². The Balaban J connectivity index is 1.77. The highest BCUT2D eigenvalue weighted by molar-refractivity contribution is 5.82. The number of benzene rings is 3. The molecular formula is C24H22FN3O4. The Morgan fingerprint density at radius 1 is 1.16 bits per heavy atom. The number of nitrogens with one attached hydrogen (secondary N) is 1. The maximum absolute atomic E-state index is 13.1. The van der Waals surface area contributed by atoms with Gasteiger partial charge in [-0.2, -0.15) is 5.10 Å². The lowest BCUT2D eigenvalue weighted by molar-refractivity contribution is -0.384. The summed E-state index contributed by atoms with van der Waals surface area (Å²) in [7, 11) is 1.55. The molecule has 0 bridgehead atoms. The van der Waals surface area contributed by atoms with Crippen molar-refractivity contribution in [1.82, 2.24) is 0 Å².